The monoisotopic (exact) mass is 932 g/mol. The molecule has 2 aromatic carbocycles. The summed E-state index contributed by atoms with van der Waals surface area (Å²) in [5.74, 6) is -3.33. The molecule has 6 atom stereocenters. The van der Waals surface area contributed by atoms with Crippen LogP contribution in [-0.4, -0.2) is 56.7 Å². The summed E-state index contributed by atoms with van der Waals surface area (Å²) in [7, 11) is -4.05. The van der Waals surface area contributed by atoms with Crippen molar-refractivity contribution in [3.63, 3.8) is 0 Å². The number of ketones is 1. The third kappa shape index (κ3) is 5.67. The molecule has 2 N–H and O–H groups in total. The van der Waals surface area contributed by atoms with E-state index in [2.05, 4.69) is 73.1 Å². The summed E-state index contributed by atoms with van der Waals surface area (Å²) in [5, 5.41) is 1.16. The first-order valence-corrected chi connectivity index (χ1v) is 18.6. The minimum absolute atomic E-state index is 0.0413. The highest BCUT2D eigenvalue weighted by Gasteiger charge is 2.72. The van der Waals surface area contributed by atoms with Crippen LogP contribution in [0.5, 0.6) is 0 Å². The van der Waals surface area contributed by atoms with Gasteiger partial charge in [0.05, 0.1) is 25.4 Å². The number of rotatable bonds is 8. The Morgan fingerprint density at radius 3 is 2.43 bits per heavy atom. The van der Waals surface area contributed by atoms with Crippen molar-refractivity contribution < 1.29 is 41.8 Å². The standard InChI is InChI=1S/C29H28I3NO8S/c30-16-12-17(24(32)20(31)13-16)21(34)6-7-22(35)39-25-18-14-19-26(25)41-42(37,38)27(19)23(18)28(36)40-29(8-10-33-11-9-29)15-4-2-1-3-5-15/h1-5,12-13,18-19,23,25-27,33H,6-11,14H2/p+1. The van der Waals surface area contributed by atoms with Crippen molar-refractivity contribution >= 4 is 95.6 Å². The predicted molar refractivity (Wildman–Crippen MR) is 176 cm³/mol. The SMILES string of the molecule is O=C(CCC(=O)c1cc(I)cc(I)c1I)OC1C2CC3C1OS(=O)(=O)C3C2C(=O)OC1(c2ccccc2)CC[NH2+]CC1. The number of piperidine rings is 1. The molecule has 2 saturated heterocycles. The number of nitrogens with two attached hydrogens (primary N) is 1. The van der Waals surface area contributed by atoms with Gasteiger partial charge in [0.1, 0.15) is 23.1 Å². The van der Waals surface area contributed by atoms with Gasteiger partial charge in [0.25, 0.3) is 10.1 Å². The summed E-state index contributed by atoms with van der Waals surface area (Å²) < 4.78 is 46.5. The fourth-order valence-electron chi connectivity index (χ4n) is 7.17. The van der Waals surface area contributed by atoms with Gasteiger partial charge in [-0.25, -0.2) is 0 Å². The van der Waals surface area contributed by atoms with Crippen LogP contribution in [0.4, 0.5) is 0 Å². The molecule has 2 bridgehead atoms. The van der Waals surface area contributed by atoms with E-state index in [0.717, 1.165) is 29.4 Å². The van der Waals surface area contributed by atoms with Gasteiger partial charge < -0.3 is 14.8 Å². The summed E-state index contributed by atoms with van der Waals surface area (Å²) >= 11 is 6.46. The number of hydrogen-bond acceptors (Lipinski definition) is 8. The van der Waals surface area contributed by atoms with Crippen molar-refractivity contribution in [2.45, 2.75) is 55.2 Å². The molecule has 0 aromatic heterocycles. The largest absolute Gasteiger partial charge is 0.459 e. The van der Waals surface area contributed by atoms with Gasteiger partial charge in [-0.2, -0.15) is 8.42 Å². The maximum Gasteiger partial charge on any atom is 0.311 e. The van der Waals surface area contributed by atoms with E-state index in [-0.39, 0.29) is 18.6 Å². The van der Waals surface area contributed by atoms with E-state index in [0.29, 0.717) is 24.8 Å². The van der Waals surface area contributed by atoms with Crippen LogP contribution in [-0.2, 0) is 39.0 Å². The summed E-state index contributed by atoms with van der Waals surface area (Å²) in [4.78, 5) is 39.8. The molecule has 2 saturated carbocycles. The van der Waals surface area contributed by atoms with Crippen LogP contribution in [0.2, 0.25) is 0 Å². The quantitative estimate of drug-likeness (QED) is 0.140. The van der Waals surface area contributed by atoms with E-state index >= 15 is 0 Å². The topological polar surface area (TPSA) is 130 Å². The average Bonchev–Trinajstić information content (AvgIpc) is 3.57. The van der Waals surface area contributed by atoms with E-state index in [4.69, 9.17) is 13.7 Å². The molecule has 0 spiro atoms. The molecule has 6 rings (SSSR count). The second-order valence-electron chi connectivity index (χ2n) is 11.4. The molecule has 224 valence electrons. The molecule has 2 heterocycles. The number of benzene rings is 2. The lowest BCUT2D eigenvalue weighted by atomic mass is 9.82. The fraction of sp³-hybridized carbons (Fsp3) is 0.483. The van der Waals surface area contributed by atoms with Gasteiger partial charge >= 0.3 is 11.9 Å². The van der Waals surface area contributed by atoms with E-state index in [1.54, 1.807) is 6.07 Å². The molecule has 2 aliphatic heterocycles. The van der Waals surface area contributed by atoms with Crippen LogP contribution in [0.15, 0.2) is 42.5 Å². The molecule has 6 unspecified atom stereocenters. The Morgan fingerprint density at radius 2 is 1.71 bits per heavy atom. The third-order valence-electron chi connectivity index (χ3n) is 9.02. The number of esters is 2. The molecule has 42 heavy (non-hydrogen) atoms. The highest BCUT2D eigenvalue weighted by Crippen LogP contribution is 2.59. The molecular weight excluding hydrogens is 903 g/mol. The molecule has 2 aliphatic carbocycles. The zero-order chi connectivity index (χ0) is 29.8. The van der Waals surface area contributed by atoms with Crippen LogP contribution in [0.25, 0.3) is 0 Å². The zero-order valence-electron chi connectivity index (χ0n) is 22.3. The number of halogens is 3. The second kappa shape index (κ2) is 12.1. The maximum absolute atomic E-state index is 13.9. The summed E-state index contributed by atoms with van der Waals surface area (Å²) in [6, 6.07) is 13.4. The molecule has 4 aliphatic rings. The Labute approximate surface area is 285 Å². The number of fused-ring (bicyclic) bond motifs is 1. The van der Waals surface area contributed by atoms with Crippen LogP contribution < -0.4 is 5.32 Å². The minimum Gasteiger partial charge on any atom is -0.459 e. The first kappa shape index (κ1) is 31.1. The zero-order valence-corrected chi connectivity index (χ0v) is 29.6. The highest BCUT2D eigenvalue weighted by molar-refractivity contribution is 14.1. The summed E-state index contributed by atoms with van der Waals surface area (Å²) in [6.07, 6.45) is -0.280. The number of carbonyl (C=O) groups excluding carboxylic acids is 3. The Balaban J connectivity index is 1.18. The Hall–Kier alpha value is -0.890. The van der Waals surface area contributed by atoms with Gasteiger partial charge in [0, 0.05) is 47.4 Å². The van der Waals surface area contributed by atoms with Crippen LogP contribution in [0.1, 0.15) is 48.0 Å². The van der Waals surface area contributed by atoms with Gasteiger partial charge in [-0.3, -0.25) is 18.6 Å². The van der Waals surface area contributed by atoms with Crippen molar-refractivity contribution in [2.24, 2.45) is 17.8 Å². The fourth-order valence-corrected chi connectivity index (χ4v) is 11.7. The summed E-state index contributed by atoms with van der Waals surface area (Å²) in [5.41, 5.74) is 0.612. The van der Waals surface area contributed by atoms with E-state index in [1.807, 2.05) is 36.4 Å². The third-order valence-corrected chi connectivity index (χ3v) is 14.5. The first-order valence-electron chi connectivity index (χ1n) is 13.9. The molecule has 4 fully saturated rings. The van der Waals surface area contributed by atoms with Crippen LogP contribution >= 0.6 is 67.8 Å². The Kier molecular flexibility index (Phi) is 8.99. The molecule has 13 heteroatoms. The van der Waals surface area contributed by atoms with Crippen molar-refractivity contribution in [2.75, 3.05) is 13.1 Å². The predicted octanol–water partition coefficient (Wildman–Crippen LogP) is 3.53. The molecule has 0 radical (unpaired) electrons. The Bertz CT molecular complexity index is 1530. The van der Waals surface area contributed by atoms with Gasteiger partial charge in [-0.1, -0.05) is 30.3 Å². The molecule has 0 amide bonds. The highest BCUT2D eigenvalue weighted by atomic mass is 127. The van der Waals surface area contributed by atoms with Crippen molar-refractivity contribution in [3.8, 4) is 0 Å². The number of Topliss-reactive ketones (excluding diaryl/α,β-unsaturated/α-hetero) is 1. The van der Waals surface area contributed by atoms with E-state index in [1.165, 1.54) is 0 Å². The van der Waals surface area contributed by atoms with Crippen molar-refractivity contribution in [1.29, 1.82) is 0 Å². The van der Waals surface area contributed by atoms with E-state index in [9.17, 15) is 22.8 Å². The number of carbonyl (C=O) groups is 3. The van der Waals surface area contributed by atoms with Crippen molar-refractivity contribution in [1.82, 2.24) is 0 Å². The average molecular weight is 932 g/mol. The lowest BCUT2D eigenvalue weighted by molar-refractivity contribution is -0.668. The second-order valence-corrected chi connectivity index (χ2v) is 16.6. The van der Waals surface area contributed by atoms with Gasteiger partial charge in [0.15, 0.2) is 5.78 Å². The number of hydrogen-bond donors (Lipinski definition) is 1. The Morgan fingerprint density at radius 1 is 1.00 bits per heavy atom. The lowest BCUT2D eigenvalue weighted by Crippen LogP contribution is -2.87. The maximum atomic E-state index is 13.9. The van der Waals surface area contributed by atoms with E-state index < -0.39 is 62.9 Å². The van der Waals surface area contributed by atoms with Crippen molar-refractivity contribution in [3.05, 3.63) is 64.3 Å². The lowest BCUT2D eigenvalue weighted by Gasteiger charge is -2.38. The minimum atomic E-state index is -4.05. The van der Waals surface area contributed by atoms with Gasteiger partial charge in [-0.15, -0.1) is 0 Å². The molecular formula is C29H29I3NO8S+. The van der Waals surface area contributed by atoms with Crippen LogP contribution in [0, 0.1) is 28.5 Å². The van der Waals surface area contributed by atoms with Gasteiger partial charge in [0.2, 0.25) is 0 Å². The smallest absolute Gasteiger partial charge is 0.311 e. The first-order chi connectivity index (χ1) is 20.0. The normalized spacial score (nSPS) is 30.2. The number of quaternary nitrogens is 1. The van der Waals surface area contributed by atoms with Crippen LogP contribution in [0.3, 0.4) is 0 Å². The van der Waals surface area contributed by atoms with Gasteiger partial charge in [-0.05, 0) is 91.9 Å². The molecule has 2 aromatic rings. The number of ether oxygens (including phenoxy) is 2. The molecule has 9 nitrogen and oxygen atoms in total. The summed E-state index contributed by atoms with van der Waals surface area (Å²) in [6.45, 7) is 1.57.